The molecule has 3 aromatic carbocycles. The molecule has 0 aliphatic carbocycles. The molecule has 1 heterocycles. The highest BCUT2D eigenvalue weighted by molar-refractivity contribution is 5.86. The molecule has 4 rings (SSSR count). The van der Waals surface area contributed by atoms with Gasteiger partial charge in [0.05, 0.1) is 18.1 Å². The van der Waals surface area contributed by atoms with Crippen molar-refractivity contribution in [1.82, 2.24) is 9.55 Å². The maximum absolute atomic E-state index is 15.3. The summed E-state index contributed by atoms with van der Waals surface area (Å²) in [6.07, 6.45) is 1.50. The van der Waals surface area contributed by atoms with Gasteiger partial charge < -0.3 is 4.74 Å². The van der Waals surface area contributed by atoms with E-state index < -0.39 is 0 Å². The molecular formula is C22H17FN2O. The summed E-state index contributed by atoms with van der Waals surface area (Å²) in [5.41, 5.74) is 3.10. The number of fused-ring (bicyclic) bond motifs is 1. The molecule has 0 saturated carbocycles. The first-order chi connectivity index (χ1) is 12.8. The highest BCUT2D eigenvalue weighted by Crippen LogP contribution is 2.29. The summed E-state index contributed by atoms with van der Waals surface area (Å²) in [6.45, 7) is 0. The summed E-state index contributed by atoms with van der Waals surface area (Å²) < 4.78 is 22.0. The van der Waals surface area contributed by atoms with Crippen LogP contribution in [0.15, 0.2) is 78.9 Å². The van der Waals surface area contributed by atoms with Crippen LogP contribution in [0.4, 0.5) is 4.39 Å². The molecular weight excluding hydrogens is 327 g/mol. The number of methoxy groups -OCH3 is 1. The Labute approximate surface area is 151 Å². The summed E-state index contributed by atoms with van der Waals surface area (Å²) in [4.78, 5) is 4.64. The summed E-state index contributed by atoms with van der Waals surface area (Å²) >= 11 is 0. The van der Waals surface area contributed by atoms with E-state index in [1.165, 1.54) is 6.08 Å². The van der Waals surface area contributed by atoms with E-state index in [0.717, 1.165) is 27.9 Å². The molecule has 0 N–H and O–H groups in total. The van der Waals surface area contributed by atoms with E-state index in [9.17, 15) is 0 Å². The summed E-state index contributed by atoms with van der Waals surface area (Å²) in [7, 11) is 1.61. The van der Waals surface area contributed by atoms with E-state index in [0.29, 0.717) is 5.82 Å². The molecule has 4 aromatic rings. The van der Waals surface area contributed by atoms with Gasteiger partial charge in [-0.3, -0.25) is 4.57 Å². The molecule has 26 heavy (non-hydrogen) atoms. The first-order valence-corrected chi connectivity index (χ1v) is 8.31. The minimum Gasteiger partial charge on any atom is -0.497 e. The van der Waals surface area contributed by atoms with Crippen LogP contribution in [-0.4, -0.2) is 16.7 Å². The van der Waals surface area contributed by atoms with Crippen molar-refractivity contribution >= 4 is 23.1 Å². The quantitative estimate of drug-likeness (QED) is 0.479. The Hall–Kier alpha value is -3.40. The van der Waals surface area contributed by atoms with Gasteiger partial charge in [-0.15, -0.1) is 0 Å². The molecule has 128 valence electrons. The van der Waals surface area contributed by atoms with Crippen molar-refractivity contribution in [3.63, 3.8) is 0 Å². The lowest BCUT2D eigenvalue weighted by atomic mass is 10.2. The summed E-state index contributed by atoms with van der Waals surface area (Å²) in [5, 5.41) is 0. The smallest absolute Gasteiger partial charge is 0.200 e. The maximum atomic E-state index is 15.3. The molecule has 0 radical (unpaired) electrons. The van der Waals surface area contributed by atoms with Crippen LogP contribution in [-0.2, 0) is 0 Å². The van der Waals surface area contributed by atoms with Crippen molar-refractivity contribution < 1.29 is 9.13 Å². The van der Waals surface area contributed by atoms with Gasteiger partial charge in [-0.2, -0.15) is 4.39 Å². The third-order valence-corrected chi connectivity index (χ3v) is 4.21. The fourth-order valence-electron chi connectivity index (χ4n) is 2.93. The Balaban J connectivity index is 1.87. The molecule has 0 unspecified atom stereocenters. The molecule has 0 saturated heterocycles. The highest BCUT2D eigenvalue weighted by atomic mass is 19.1. The minimum absolute atomic E-state index is 0.386. The van der Waals surface area contributed by atoms with Crippen molar-refractivity contribution in [1.29, 1.82) is 0 Å². The van der Waals surface area contributed by atoms with Crippen LogP contribution in [0, 0.1) is 0 Å². The van der Waals surface area contributed by atoms with Gasteiger partial charge in [-0.25, -0.2) is 4.98 Å². The number of para-hydroxylation sites is 2. The Morgan fingerprint density at radius 2 is 1.62 bits per heavy atom. The van der Waals surface area contributed by atoms with Gasteiger partial charge in [0.15, 0.2) is 0 Å². The predicted molar refractivity (Wildman–Crippen MR) is 103 cm³/mol. The molecule has 0 aliphatic heterocycles. The van der Waals surface area contributed by atoms with E-state index in [1.54, 1.807) is 11.7 Å². The summed E-state index contributed by atoms with van der Waals surface area (Å²) in [6, 6.07) is 24.4. The lowest BCUT2D eigenvalue weighted by molar-refractivity contribution is 0.415. The van der Waals surface area contributed by atoms with Crippen LogP contribution in [0.1, 0.15) is 5.56 Å². The number of nitrogens with zero attached hydrogens (tertiary/aromatic N) is 2. The van der Waals surface area contributed by atoms with Crippen molar-refractivity contribution in [2.75, 3.05) is 7.11 Å². The zero-order chi connectivity index (χ0) is 17.9. The van der Waals surface area contributed by atoms with Crippen molar-refractivity contribution in [2.24, 2.45) is 0 Å². The van der Waals surface area contributed by atoms with E-state index in [4.69, 9.17) is 4.74 Å². The third-order valence-electron chi connectivity index (χ3n) is 4.21. The molecule has 0 fully saturated rings. The van der Waals surface area contributed by atoms with Crippen LogP contribution in [0.2, 0.25) is 0 Å². The predicted octanol–water partition coefficient (Wildman–Crippen LogP) is 5.64. The second-order valence-electron chi connectivity index (χ2n) is 5.87. The first-order valence-electron chi connectivity index (χ1n) is 8.31. The van der Waals surface area contributed by atoms with Crippen LogP contribution < -0.4 is 4.74 Å². The van der Waals surface area contributed by atoms with Crippen LogP contribution in [0.5, 0.6) is 5.75 Å². The number of halogens is 1. The van der Waals surface area contributed by atoms with E-state index in [-0.39, 0.29) is 5.95 Å². The molecule has 0 spiro atoms. The fraction of sp³-hybridized carbons (Fsp3) is 0.0455. The normalized spacial score (nSPS) is 11.7. The number of hydrogen-bond acceptors (Lipinski definition) is 2. The maximum Gasteiger partial charge on any atom is 0.200 e. The Morgan fingerprint density at radius 1 is 0.923 bits per heavy atom. The zero-order valence-electron chi connectivity index (χ0n) is 14.3. The molecule has 0 amide bonds. The Kier molecular flexibility index (Phi) is 4.23. The van der Waals surface area contributed by atoms with Crippen molar-refractivity contribution in [3.8, 4) is 17.1 Å². The molecule has 1 aromatic heterocycles. The average molecular weight is 344 g/mol. The lowest BCUT2D eigenvalue weighted by Gasteiger charge is -2.07. The molecule has 4 heteroatoms. The number of hydrogen-bond donors (Lipinski definition) is 0. The van der Waals surface area contributed by atoms with Gasteiger partial charge in [-0.1, -0.05) is 54.6 Å². The van der Waals surface area contributed by atoms with E-state index in [2.05, 4.69) is 4.98 Å². The number of aromatic nitrogens is 2. The largest absolute Gasteiger partial charge is 0.497 e. The van der Waals surface area contributed by atoms with Crippen molar-refractivity contribution in [2.45, 2.75) is 0 Å². The topological polar surface area (TPSA) is 27.1 Å². The van der Waals surface area contributed by atoms with E-state index >= 15 is 4.39 Å². The van der Waals surface area contributed by atoms with Gasteiger partial charge >= 0.3 is 0 Å². The van der Waals surface area contributed by atoms with Gasteiger partial charge in [0.1, 0.15) is 11.6 Å². The minimum atomic E-state index is -0.386. The zero-order valence-corrected chi connectivity index (χ0v) is 14.3. The first kappa shape index (κ1) is 16.1. The van der Waals surface area contributed by atoms with Crippen LogP contribution in [0.25, 0.3) is 34.4 Å². The average Bonchev–Trinajstić information content (AvgIpc) is 3.09. The van der Waals surface area contributed by atoms with Gasteiger partial charge in [0, 0.05) is 5.56 Å². The Bertz CT molecular complexity index is 1070. The monoisotopic (exact) mass is 344 g/mol. The molecule has 0 aliphatic rings. The Morgan fingerprint density at radius 3 is 2.35 bits per heavy atom. The molecule has 3 nitrogen and oxygen atoms in total. The van der Waals surface area contributed by atoms with Gasteiger partial charge in [-0.05, 0) is 35.9 Å². The van der Waals surface area contributed by atoms with E-state index in [1.807, 2.05) is 78.9 Å². The van der Waals surface area contributed by atoms with Crippen LogP contribution >= 0.6 is 0 Å². The number of rotatable bonds is 4. The fourth-order valence-corrected chi connectivity index (χ4v) is 2.93. The molecule has 0 bridgehead atoms. The number of ether oxygens (including phenoxy) is 1. The second kappa shape index (κ2) is 6.84. The lowest BCUT2D eigenvalue weighted by Crippen LogP contribution is -1.96. The third kappa shape index (κ3) is 2.97. The summed E-state index contributed by atoms with van der Waals surface area (Å²) in [5.74, 6) is 0.928. The standard InChI is InChI=1S/C22H17FN2O/c1-26-18-13-11-16(12-14-18)15-21(23)25-20-10-6-5-9-19(20)24-22(25)17-7-3-2-4-8-17/h2-15H,1H3/b21-15+. The molecule has 0 atom stereocenters. The second-order valence-corrected chi connectivity index (χ2v) is 5.87. The van der Waals surface area contributed by atoms with Crippen molar-refractivity contribution in [3.05, 3.63) is 84.4 Å². The van der Waals surface area contributed by atoms with Gasteiger partial charge in [0.25, 0.3) is 0 Å². The van der Waals surface area contributed by atoms with Crippen LogP contribution in [0.3, 0.4) is 0 Å². The number of imidazole rings is 1. The van der Waals surface area contributed by atoms with Gasteiger partial charge in [0.2, 0.25) is 5.95 Å². The SMILES string of the molecule is COc1ccc(/C=C(\F)n2c(-c3ccccc3)nc3ccccc32)cc1. The highest BCUT2D eigenvalue weighted by Gasteiger charge is 2.15. The number of benzene rings is 3.